The van der Waals surface area contributed by atoms with Crippen LogP contribution in [-0.4, -0.2) is 32.0 Å². The van der Waals surface area contributed by atoms with E-state index >= 15 is 0 Å². The van der Waals surface area contributed by atoms with Crippen LogP contribution in [0.2, 0.25) is 0 Å². The summed E-state index contributed by atoms with van der Waals surface area (Å²) in [6.45, 7) is 3.76. The number of carboxylic acid groups (broad SMARTS) is 1. The largest absolute Gasteiger partial charge is 0.490 e. The molecule has 2 aromatic heterocycles. The number of hydrogen-bond donors (Lipinski definition) is 3. The van der Waals surface area contributed by atoms with E-state index in [0.29, 0.717) is 0 Å². The van der Waals surface area contributed by atoms with Gasteiger partial charge in [0.25, 0.3) is 0 Å². The maximum atomic E-state index is 10.6. The maximum absolute atomic E-state index is 10.6. The Morgan fingerprint density at radius 2 is 1.84 bits per heavy atom. The van der Waals surface area contributed by atoms with Crippen molar-refractivity contribution in [2.45, 2.75) is 26.2 Å². The van der Waals surface area contributed by atoms with Gasteiger partial charge in [-0.2, -0.15) is 18.3 Å². The van der Waals surface area contributed by atoms with Crippen LogP contribution in [0.1, 0.15) is 16.8 Å². The number of nitrogens with one attached hydrogen (secondary N) is 2. The SMILES string of the molecule is Cc1ccc(CNCc2cc3ccccc3[nH]2)c(-c2ccnn2C)c1.O=C(O)C(F)(F)F. The number of benzene rings is 2. The average Bonchev–Trinajstić information content (AvgIpc) is 3.34. The molecule has 32 heavy (non-hydrogen) atoms. The fourth-order valence-electron chi connectivity index (χ4n) is 3.28. The van der Waals surface area contributed by atoms with Gasteiger partial charge in [-0.1, -0.05) is 35.9 Å². The summed E-state index contributed by atoms with van der Waals surface area (Å²) in [5.41, 5.74) is 7.32. The van der Waals surface area contributed by atoms with Crippen LogP contribution >= 0.6 is 0 Å². The van der Waals surface area contributed by atoms with Crippen LogP contribution in [0.4, 0.5) is 13.2 Å². The highest BCUT2D eigenvalue weighted by Gasteiger charge is 2.38. The van der Waals surface area contributed by atoms with Crippen LogP contribution in [0.25, 0.3) is 22.2 Å². The van der Waals surface area contributed by atoms with E-state index in [1.165, 1.54) is 33.3 Å². The first-order valence-electron chi connectivity index (χ1n) is 9.80. The van der Waals surface area contributed by atoms with Gasteiger partial charge in [0, 0.05) is 43.1 Å². The molecule has 0 fully saturated rings. The van der Waals surface area contributed by atoms with Gasteiger partial charge in [-0.3, -0.25) is 4.68 Å². The summed E-state index contributed by atoms with van der Waals surface area (Å²) < 4.78 is 33.7. The number of fused-ring (bicyclic) bond motifs is 1. The van der Waals surface area contributed by atoms with Crippen molar-refractivity contribution in [3.8, 4) is 11.3 Å². The van der Waals surface area contributed by atoms with Gasteiger partial charge >= 0.3 is 12.1 Å². The van der Waals surface area contributed by atoms with E-state index in [2.05, 4.69) is 76.9 Å². The fourth-order valence-corrected chi connectivity index (χ4v) is 3.28. The van der Waals surface area contributed by atoms with E-state index in [-0.39, 0.29) is 0 Å². The van der Waals surface area contributed by atoms with E-state index < -0.39 is 12.1 Å². The highest BCUT2D eigenvalue weighted by atomic mass is 19.4. The number of aryl methyl sites for hydroxylation is 2. The Balaban J connectivity index is 0.000000360. The molecule has 0 aliphatic heterocycles. The van der Waals surface area contributed by atoms with Crippen molar-refractivity contribution in [1.82, 2.24) is 20.1 Å². The molecule has 6 nitrogen and oxygen atoms in total. The van der Waals surface area contributed by atoms with E-state index in [0.717, 1.165) is 18.8 Å². The second kappa shape index (κ2) is 9.69. The standard InChI is InChI=1S/C21H22N4.C2HF3O2/c1-15-7-8-17(19(11-15)21-9-10-23-25(21)2)13-22-14-18-12-16-5-3-4-6-20(16)24-18;3-2(4,5)1(6)7/h3-12,22,24H,13-14H2,1-2H3;(H,6,7). The summed E-state index contributed by atoms with van der Waals surface area (Å²) in [5.74, 6) is -2.76. The molecule has 0 bridgehead atoms. The second-order valence-corrected chi connectivity index (χ2v) is 7.29. The number of para-hydroxylation sites is 1. The Morgan fingerprint density at radius 3 is 2.47 bits per heavy atom. The zero-order valence-electron chi connectivity index (χ0n) is 17.6. The molecule has 0 spiro atoms. The van der Waals surface area contributed by atoms with Crippen LogP contribution in [0, 0.1) is 6.92 Å². The first-order chi connectivity index (χ1) is 15.1. The second-order valence-electron chi connectivity index (χ2n) is 7.29. The van der Waals surface area contributed by atoms with Crippen LogP contribution < -0.4 is 5.32 Å². The summed E-state index contributed by atoms with van der Waals surface area (Å²) >= 11 is 0. The molecule has 0 aliphatic carbocycles. The maximum Gasteiger partial charge on any atom is 0.490 e. The topological polar surface area (TPSA) is 82.9 Å². The number of H-pyrrole nitrogens is 1. The third-order valence-electron chi connectivity index (χ3n) is 4.82. The highest BCUT2D eigenvalue weighted by molar-refractivity contribution is 5.80. The minimum Gasteiger partial charge on any atom is -0.475 e. The van der Waals surface area contributed by atoms with Gasteiger partial charge in [0.2, 0.25) is 0 Å². The Labute approximate surface area is 182 Å². The van der Waals surface area contributed by atoms with Gasteiger partial charge in [0.05, 0.1) is 5.69 Å². The van der Waals surface area contributed by atoms with E-state index in [1.54, 1.807) is 0 Å². The van der Waals surface area contributed by atoms with E-state index in [4.69, 9.17) is 9.90 Å². The van der Waals surface area contributed by atoms with Crippen LogP contribution in [0.3, 0.4) is 0 Å². The minimum atomic E-state index is -5.08. The molecule has 0 unspecified atom stereocenters. The quantitative estimate of drug-likeness (QED) is 0.413. The molecule has 4 aromatic rings. The van der Waals surface area contributed by atoms with Crippen molar-refractivity contribution in [3.05, 3.63) is 77.6 Å². The molecule has 0 saturated carbocycles. The Kier molecular flexibility index (Phi) is 6.99. The van der Waals surface area contributed by atoms with E-state index in [1.807, 2.05) is 17.9 Å². The van der Waals surface area contributed by atoms with Gasteiger partial charge in [0.1, 0.15) is 0 Å². The lowest BCUT2D eigenvalue weighted by molar-refractivity contribution is -0.192. The lowest BCUT2D eigenvalue weighted by Gasteiger charge is -2.12. The van der Waals surface area contributed by atoms with Gasteiger partial charge in [0.15, 0.2) is 0 Å². The highest BCUT2D eigenvalue weighted by Crippen LogP contribution is 2.24. The Bertz CT molecular complexity index is 1180. The molecule has 3 N–H and O–H groups in total. The van der Waals surface area contributed by atoms with Crippen molar-refractivity contribution >= 4 is 16.9 Å². The molecule has 4 rings (SSSR count). The minimum absolute atomic E-state index is 0.813. The van der Waals surface area contributed by atoms with Crippen molar-refractivity contribution in [2.24, 2.45) is 7.05 Å². The first-order valence-corrected chi connectivity index (χ1v) is 9.80. The molecule has 9 heteroatoms. The Morgan fingerprint density at radius 1 is 1.12 bits per heavy atom. The lowest BCUT2D eigenvalue weighted by atomic mass is 10.0. The summed E-state index contributed by atoms with van der Waals surface area (Å²) in [5, 5.41) is 16.2. The van der Waals surface area contributed by atoms with E-state index in [9.17, 15) is 13.2 Å². The molecule has 2 aromatic carbocycles. The van der Waals surface area contributed by atoms with Gasteiger partial charge in [-0.15, -0.1) is 0 Å². The monoisotopic (exact) mass is 444 g/mol. The molecule has 0 radical (unpaired) electrons. The van der Waals surface area contributed by atoms with Crippen LogP contribution in [0.5, 0.6) is 0 Å². The number of rotatable bonds is 5. The lowest BCUT2D eigenvalue weighted by Crippen LogP contribution is -2.21. The molecule has 168 valence electrons. The fraction of sp³-hybridized carbons (Fsp3) is 0.217. The van der Waals surface area contributed by atoms with Crippen molar-refractivity contribution < 1.29 is 23.1 Å². The summed E-state index contributed by atoms with van der Waals surface area (Å²) in [6, 6.07) is 19.2. The third-order valence-corrected chi connectivity index (χ3v) is 4.82. The van der Waals surface area contributed by atoms with Crippen molar-refractivity contribution in [2.75, 3.05) is 0 Å². The molecular weight excluding hydrogens is 421 g/mol. The van der Waals surface area contributed by atoms with Gasteiger partial charge in [-0.25, -0.2) is 4.79 Å². The number of alkyl halides is 3. The van der Waals surface area contributed by atoms with Crippen molar-refractivity contribution in [3.63, 3.8) is 0 Å². The number of hydrogen-bond acceptors (Lipinski definition) is 3. The molecule has 0 amide bonds. The molecule has 0 aliphatic rings. The molecular formula is C23H23F3N4O2. The summed E-state index contributed by atoms with van der Waals surface area (Å²) in [4.78, 5) is 12.4. The van der Waals surface area contributed by atoms with Gasteiger partial charge < -0.3 is 15.4 Å². The number of aromatic nitrogens is 3. The average molecular weight is 444 g/mol. The summed E-state index contributed by atoms with van der Waals surface area (Å²) in [6.07, 6.45) is -3.24. The number of nitrogens with zero attached hydrogens (tertiary/aromatic N) is 2. The van der Waals surface area contributed by atoms with Crippen molar-refractivity contribution in [1.29, 1.82) is 0 Å². The number of carbonyl (C=O) groups is 1. The number of aliphatic carboxylic acids is 1. The predicted octanol–water partition coefficient (Wildman–Crippen LogP) is 4.80. The number of carboxylic acids is 1. The number of halogens is 3. The molecule has 0 saturated heterocycles. The van der Waals surface area contributed by atoms with Gasteiger partial charge in [-0.05, 0) is 42.1 Å². The normalized spacial score (nSPS) is 11.3. The smallest absolute Gasteiger partial charge is 0.475 e. The zero-order chi connectivity index (χ0) is 23.3. The molecule has 0 atom stereocenters. The number of aromatic amines is 1. The third kappa shape index (κ3) is 5.76. The van der Waals surface area contributed by atoms with Crippen LogP contribution in [0.15, 0.2) is 60.8 Å². The first kappa shape index (κ1) is 23.1. The predicted molar refractivity (Wildman–Crippen MR) is 116 cm³/mol. The summed E-state index contributed by atoms with van der Waals surface area (Å²) in [7, 11) is 1.99. The van der Waals surface area contributed by atoms with Crippen LogP contribution in [-0.2, 0) is 24.9 Å². The Hall–Kier alpha value is -3.59. The zero-order valence-corrected chi connectivity index (χ0v) is 17.6. The molecule has 2 heterocycles.